The van der Waals surface area contributed by atoms with Crippen molar-refractivity contribution in [1.29, 1.82) is 0 Å². The monoisotopic (exact) mass is 395 g/mol. The highest BCUT2D eigenvalue weighted by atomic mass is 19.4. The van der Waals surface area contributed by atoms with Crippen molar-refractivity contribution in [1.82, 2.24) is 9.78 Å². The van der Waals surface area contributed by atoms with Crippen molar-refractivity contribution >= 4 is 11.6 Å². The maximum absolute atomic E-state index is 13.5. The van der Waals surface area contributed by atoms with Gasteiger partial charge in [-0.3, -0.25) is 9.48 Å². The van der Waals surface area contributed by atoms with Gasteiger partial charge in [0.25, 0.3) is 5.91 Å². The quantitative estimate of drug-likeness (QED) is 0.624. The van der Waals surface area contributed by atoms with Crippen LogP contribution in [0.4, 0.5) is 27.6 Å². The molecule has 1 N–H and O–H groups in total. The Labute approximate surface area is 156 Å². The first-order valence-electron chi connectivity index (χ1n) is 8.21. The maximum Gasteiger partial charge on any atom is 0.416 e. The van der Waals surface area contributed by atoms with Crippen LogP contribution in [0.1, 0.15) is 23.0 Å². The van der Waals surface area contributed by atoms with Crippen molar-refractivity contribution in [2.75, 3.05) is 5.32 Å². The molecule has 0 bridgehead atoms. The highest BCUT2D eigenvalue weighted by Crippen LogP contribution is 2.31. The van der Waals surface area contributed by atoms with Crippen molar-refractivity contribution in [3.63, 3.8) is 0 Å². The van der Waals surface area contributed by atoms with Crippen molar-refractivity contribution in [3.05, 3.63) is 71.4 Å². The molecule has 0 fully saturated rings. The summed E-state index contributed by atoms with van der Waals surface area (Å²) in [5.41, 5.74) is -0.358. The van der Waals surface area contributed by atoms with Crippen LogP contribution in [-0.2, 0) is 12.7 Å². The number of amides is 1. The van der Waals surface area contributed by atoms with E-state index in [1.165, 1.54) is 28.9 Å². The summed E-state index contributed by atoms with van der Waals surface area (Å²) in [6.07, 6.45) is -4.54. The second kappa shape index (κ2) is 7.41. The average Bonchev–Trinajstić information content (AvgIpc) is 3.08. The number of alkyl halides is 3. The highest BCUT2D eigenvalue weighted by Gasteiger charge is 2.30. The van der Waals surface area contributed by atoms with Crippen LogP contribution in [0.5, 0.6) is 0 Å². The molecule has 0 saturated carbocycles. The molecule has 0 radical (unpaired) electrons. The predicted octanol–water partition coefficient (Wildman–Crippen LogP) is 5.12. The fraction of sp³-hybridized carbons (Fsp3) is 0.158. The number of rotatable bonds is 4. The minimum Gasteiger partial charge on any atom is -0.321 e. The highest BCUT2D eigenvalue weighted by molar-refractivity contribution is 6.03. The summed E-state index contributed by atoms with van der Waals surface area (Å²) in [4.78, 5) is 12.5. The number of aryl methyl sites for hydroxylation is 1. The van der Waals surface area contributed by atoms with Crippen molar-refractivity contribution < 1.29 is 26.7 Å². The lowest BCUT2D eigenvalue weighted by molar-refractivity contribution is -0.137. The molecule has 4 nitrogen and oxygen atoms in total. The number of hydrogen-bond donors (Lipinski definition) is 1. The third-order valence-electron chi connectivity index (χ3n) is 3.98. The van der Waals surface area contributed by atoms with Crippen LogP contribution in [0.2, 0.25) is 0 Å². The number of aromatic nitrogens is 2. The van der Waals surface area contributed by atoms with E-state index in [-0.39, 0.29) is 29.2 Å². The van der Waals surface area contributed by atoms with Gasteiger partial charge < -0.3 is 5.32 Å². The van der Waals surface area contributed by atoms with Gasteiger partial charge in [-0.1, -0.05) is 6.07 Å². The number of anilines is 1. The zero-order chi connectivity index (χ0) is 20.5. The number of carbonyl (C=O) groups excluding carboxylic acids is 1. The molecule has 146 valence electrons. The Kier molecular flexibility index (Phi) is 5.17. The molecule has 3 aromatic rings. The van der Waals surface area contributed by atoms with E-state index in [9.17, 15) is 26.7 Å². The normalized spacial score (nSPS) is 11.5. The SMILES string of the molecule is CCn1nc(-c2ccc(F)c(F)c2)cc1C(=O)Nc1cccc(C(F)(F)F)c1. The van der Waals surface area contributed by atoms with Crippen LogP contribution < -0.4 is 5.32 Å². The summed E-state index contributed by atoms with van der Waals surface area (Å²) in [5, 5.41) is 6.57. The van der Waals surface area contributed by atoms with E-state index in [0.717, 1.165) is 24.3 Å². The van der Waals surface area contributed by atoms with E-state index in [2.05, 4.69) is 10.4 Å². The smallest absolute Gasteiger partial charge is 0.321 e. The van der Waals surface area contributed by atoms with Gasteiger partial charge in [-0.2, -0.15) is 18.3 Å². The predicted molar refractivity (Wildman–Crippen MR) is 92.7 cm³/mol. The number of hydrogen-bond acceptors (Lipinski definition) is 2. The molecule has 0 aliphatic carbocycles. The second-order valence-electron chi connectivity index (χ2n) is 5.89. The first-order chi connectivity index (χ1) is 13.2. The zero-order valence-corrected chi connectivity index (χ0v) is 14.5. The summed E-state index contributed by atoms with van der Waals surface area (Å²) in [6.45, 7) is 2.00. The van der Waals surface area contributed by atoms with Gasteiger partial charge in [-0.25, -0.2) is 8.78 Å². The maximum atomic E-state index is 13.5. The molecule has 0 aliphatic heterocycles. The Bertz CT molecular complexity index is 1030. The van der Waals surface area contributed by atoms with Gasteiger partial charge in [0, 0.05) is 17.8 Å². The molecule has 9 heteroatoms. The van der Waals surface area contributed by atoms with Gasteiger partial charge in [-0.15, -0.1) is 0 Å². The number of carbonyl (C=O) groups is 1. The van der Waals surface area contributed by atoms with Crippen LogP contribution >= 0.6 is 0 Å². The van der Waals surface area contributed by atoms with Crippen molar-refractivity contribution in [2.45, 2.75) is 19.6 Å². The molecule has 2 aromatic carbocycles. The fourth-order valence-electron chi connectivity index (χ4n) is 2.61. The largest absolute Gasteiger partial charge is 0.416 e. The Morgan fingerprint density at radius 2 is 1.82 bits per heavy atom. The standard InChI is InChI=1S/C19H14F5N3O/c1-2-27-17(10-16(26-27)11-6-7-14(20)15(21)8-11)18(28)25-13-5-3-4-12(9-13)19(22,23)24/h3-10H,2H2,1H3,(H,25,28). The molecular formula is C19H14F5N3O. The summed E-state index contributed by atoms with van der Waals surface area (Å²) in [6, 6.07) is 8.80. The summed E-state index contributed by atoms with van der Waals surface area (Å²) >= 11 is 0. The Balaban J connectivity index is 1.90. The zero-order valence-electron chi connectivity index (χ0n) is 14.5. The van der Waals surface area contributed by atoms with Gasteiger partial charge in [0.2, 0.25) is 0 Å². The van der Waals surface area contributed by atoms with Crippen LogP contribution in [0, 0.1) is 11.6 Å². The molecule has 3 rings (SSSR count). The van der Waals surface area contributed by atoms with E-state index in [0.29, 0.717) is 0 Å². The van der Waals surface area contributed by atoms with E-state index in [1.54, 1.807) is 6.92 Å². The van der Waals surface area contributed by atoms with Crippen LogP contribution in [0.25, 0.3) is 11.3 Å². The van der Waals surface area contributed by atoms with Gasteiger partial charge in [0.05, 0.1) is 11.3 Å². The first kappa shape index (κ1) is 19.5. The molecule has 0 aliphatic rings. The molecule has 1 aromatic heterocycles. The Morgan fingerprint density at radius 3 is 2.46 bits per heavy atom. The van der Waals surface area contributed by atoms with Crippen LogP contribution in [-0.4, -0.2) is 15.7 Å². The first-order valence-corrected chi connectivity index (χ1v) is 8.21. The molecule has 0 saturated heterocycles. The lowest BCUT2D eigenvalue weighted by atomic mass is 10.1. The third kappa shape index (κ3) is 4.03. The summed E-state index contributed by atoms with van der Waals surface area (Å²) in [5.74, 6) is -2.75. The van der Waals surface area contributed by atoms with Gasteiger partial charge in [-0.05, 0) is 49.4 Å². The summed E-state index contributed by atoms with van der Waals surface area (Å²) in [7, 11) is 0. The van der Waals surface area contributed by atoms with E-state index in [4.69, 9.17) is 0 Å². The Hall–Kier alpha value is -3.23. The molecule has 28 heavy (non-hydrogen) atoms. The molecule has 1 heterocycles. The molecule has 0 unspecified atom stereocenters. The fourth-order valence-corrected chi connectivity index (χ4v) is 2.61. The topological polar surface area (TPSA) is 46.9 Å². The van der Waals surface area contributed by atoms with E-state index >= 15 is 0 Å². The third-order valence-corrected chi connectivity index (χ3v) is 3.98. The van der Waals surface area contributed by atoms with Crippen molar-refractivity contribution in [3.8, 4) is 11.3 Å². The van der Waals surface area contributed by atoms with Gasteiger partial charge in [0.1, 0.15) is 5.69 Å². The number of benzene rings is 2. The number of nitrogens with zero attached hydrogens (tertiary/aromatic N) is 2. The minimum absolute atomic E-state index is 0.0296. The molecule has 0 atom stereocenters. The summed E-state index contributed by atoms with van der Waals surface area (Å²) < 4.78 is 66.3. The molecule has 1 amide bonds. The lowest BCUT2D eigenvalue weighted by Crippen LogP contribution is -2.17. The van der Waals surface area contributed by atoms with E-state index in [1.807, 2.05) is 0 Å². The Morgan fingerprint density at radius 1 is 1.07 bits per heavy atom. The van der Waals surface area contributed by atoms with Crippen molar-refractivity contribution in [2.24, 2.45) is 0 Å². The van der Waals surface area contributed by atoms with Crippen LogP contribution in [0.3, 0.4) is 0 Å². The second-order valence-corrected chi connectivity index (χ2v) is 5.89. The van der Waals surface area contributed by atoms with Gasteiger partial charge in [0.15, 0.2) is 11.6 Å². The van der Waals surface area contributed by atoms with Gasteiger partial charge >= 0.3 is 6.18 Å². The van der Waals surface area contributed by atoms with E-state index < -0.39 is 29.3 Å². The molecule has 0 spiro atoms. The number of halogens is 5. The van der Waals surface area contributed by atoms with Crippen LogP contribution in [0.15, 0.2) is 48.5 Å². The number of nitrogens with one attached hydrogen (secondary N) is 1. The average molecular weight is 395 g/mol. The lowest BCUT2D eigenvalue weighted by Gasteiger charge is -2.10. The minimum atomic E-state index is -4.54. The molecular weight excluding hydrogens is 381 g/mol.